The topological polar surface area (TPSA) is 97.0 Å². The van der Waals surface area contributed by atoms with Crippen LogP contribution in [0.3, 0.4) is 0 Å². The first-order chi connectivity index (χ1) is 18.0. The Balaban J connectivity index is 1.57. The number of hydrogen-bond donors (Lipinski definition) is 2. The molecule has 1 aliphatic rings. The van der Waals surface area contributed by atoms with E-state index < -0.39 is 44.9 Å². The van der Waals surface area contributed by atoms with Crippen molar-refractivity contribution in [3.05, 3.63) is 89.5 Å². The Morgan fingerprint density at radius 2 is 1.66 bits per heavy atom. The maximum absolute atomic E-state index is 13.5. The molecule has 2 N–H and O–H groups in total. The molecular weight excluding hydrogens is 547 g/mol. The Morgan fingerprint density at radius 3 is 2.34 bits per heavy atom. The summed E-state index contributed by atoms with van der Waals surface area (Å²) in [6.07, 6.45) is -4.85. The molecular formula is C25H21ClF3N3O5S. The van der Waals surface area contributed by atoms with E-state index in [0.717, 1.165) is 12.1 Å². The number of hydrazine groups is 1. The fourth-order valence-electron chi connectivity index (χ4n) is 3.54. The van der Waals surface area contributed by atoms with E-state index in [1.165, 1.54) is 24.3 Å². The molecule has 8 nitrogen and oxygen atoms in total. The molecule has 0 saturated carbocycles. The second kappa shape index (κ2) is 10.8. The summed E-state index contributed by atoms with van der Waals surface area (Å²) in [4.78, 5) is 12.6. The molecule has 0 aromatic heterocycles. The number of alkyl halides is 3. The van der Waals surface area contributed by atoms with Gasteiger partial charge < -0.3 is 9.47 Å². The number of rotatable bonds is 8. The summed E-state index contributed by atoms with van der Waals surface area (Å²) in [6.45, 7) is 3.78. The molecule has 3 aromatic rings. The first-order valence-corrected chi connectivity index (χ1v) is 12.9. The van der Waals surface area contributed by atoms with Crippen LogP contribution in [-0.2, 0) is 21.0 Å². The molecule has 0 aliphatic carbocycles. The lowest BCUT2D eigenvalue weighted by Crippen LogP contribution is -2.45. The zero-order valence-corrected chi connectivity index (χ0v) is 21.2. The third-order valence-electron chi connectivity index (χ3n) is 5.41. The van der Waals surface area contributed by atoms with Crippen molar-refractivity contribution in [1.82, 2.24) is 10.9 Å². The molecule has 1 aliphatic heterocycles. The van der Waals surface area contributed by atoms with E-state index in [9.17, 15) is 26.4 Å². The van der Waals surface area contributed by atoms with E-state index in [1.807, 2.05) is 0 Å². The predicted molar refractivity (Wildman–Crippen MR) is 135 cm³/mol. The van der Waals surface area contributed by atoms with Crippen molar-refractivity contribution in [2.24, 2.45) is 0 Å². The Hall–Kier alpha value is -3.90. The van der Waals surface area contributed by atoms with Gasteiger partial charge in [-0.1, -0.05) is 36.4 Å². The van der Waals surface area contributed by atoms with Crippen molar-refractivity contribution < 1.29 is 35.9 Å². The van der Waals surface area contributed by atoms with Gasteiger partial charge in [0.05, 0.1) is 26.9 Å². The SMILES string of the molecule is C=C(NNC(=O)CN(c1ccc(Cl)c(C(F)(F)F)c1)S(=O)(=O)c1ccccc1)c1ccc2c(c1)OCCO2. The maximum atomic E-state index is 13.5. The lowest BCUT2D eigenvalue weighted by Gasteiger charge is -2.25. The van der Waals surface area contributed by atoms with Crippen molar-refractivity contribution in [1.29, 1.82) is 0 Å². The van der Waals surface area contributed by atoms with E-state index >= 15 is 0 Å². The van der Waals surface area contributed by atoms with Gasteiger partial charge in [0, 0.05) is 5.56 Å². The Labute approximate surface area is 221 Å². The third kappa shape index (κ3) is 5.97. The molecule has 13 heteroatoms. The molecule has 0 radical (unpaired) electrons. The van der Waals surface area contributed by atoms with Gasteiger partial charge >= 0.3 is 6.18 Å². The van der Waals surface area contributed by atoms with Crippen LogP contribution in [0.1, 0.15) is 11.1 Å². The number of anilines is 1. The standard InChI is InChI=1S/C25H21ClF3N3O5S/c1-16(17-7-10-22-23(13-17)37-12-11-36-22)30-31-24(33)15-32(38(34,35)19-5-3-2-4-6-19)18-8-9-21(26)20(14-18)25(27,28)29/h2-10,13-14,30H,1,11-12,15H2,(H,31,33). The average Bonchev–Trinajstić information content (AvgIpc) is 2.90. The van der Waals surface area contributed by atoms with E-state index in [0.29, 0.717) is 40.6 Å². The predicted octanol–water partition coefficient (Wildman–Crippen LogP) is 4.62. The molecule has 3 aromatic carbocycles. The van der Waals surface area contributed by atoms with Crippen molar-refractivity contribution in [2.45, 2.75) is 11.1 Å². The van der Waals surface area contributed by atoms with Crippen LogP contribution >= 0.6 is 11.6 Å². The Bertz CT molecular complexity index is 1470. The van der Waals surface area contributed by atoms with Crippen molar-refractivity contribution in [2.75, 3.05) is 24.1 Å². The number of halogens is 4. The number of nitrogens with zero attached hydrogens (tertiary/aromatic N) is 1. The number of fused-ring (bicyclic) bond motifs is 1. The van der Waals surface area contributed by atoms with Gasteiger partial charge in [-0.25, -0.2) is 8.42 Å². The van der Waals surface area contributed by atoms with Crippen molar-refractivity contribution in [3.63, 3.8) is 0 Å². The number of sulfonamides is 1. The van der Waals surface area contributed by atoms with Crippen molar-refractivity contribution in [3.8, 4) is 11.5 Å². The summed E-state index contributed by atoms with van der Waals surface area (Å²) in [6, 6.07) is 14.6. The number of nitrogens with one attached hydrogen (secondary N) is 2. The summed E-state index contributed by atoms with van der Waals surface area (Å²) < 4.78 is 78.8. The summed E-state index contributed by atoms with van der Waals surface area (Å²) in [5.41, 5.74) is 4.07. The first-order valence-electron chi connectivity index (χ1n) is 11.0. The van der Waals surface area contributed by atoms with E-state index in [-0.39, 0.29) is 10.6 Å². The van der Waals surface area contributed by atoms with Gasteiger partial charge in [-0.2, -0.15) is 13.2 Å². The second-order valence-corrected chi connectivity index (χ2v) is 10.3. The smallest absolute Gasteiger partial charge is 0.417 e. The molecule has 0 spiro atoms. The first kappa shape index (κ1) is 27.1. The number of hydrogen-bond acceptors (Lipinski definition) is 6. The van der Waals surface area contributed by atoms with Crippen molar-refractivity contribution >= 4 is 38.9 Å². The minimum atomic E-state index is -4.85. The van der Waals surface area contributed by atoms with Gasteiger partial charge in [0.1, 0.15) is 19.8 Å². The molecule has 0 saturated heterocycles. The van der Waals surface area contributed by atoms with E-state index in [1.54, 1.807) is 24.3 Å². The lowest BCUT2D eigenvalue weighted by molar-refractivity contribution is -0.137. The Kier molecular flexibility index (Phi) is 7.74. The fourth-order valence-corrected chi connectivity index (χ4v) is 5.20. The fraction of sp³-hybridized carbons (Fsp3) is 0.160. The molecule has 0 fully saturated rings. The van der Waals surface area contributed by atoms with Crippen LogP contribution in [0.5, 0.6) is 11.5 Å². The highest BCUT2D eigenvalue weighted by molar-refractivity contribution is 7.92. The van der Waals surface area contributed by atoms with Crippen LogP contribution in [0.15, 0.2) is 78.2 Å². The third-order valence-corrected chi connectivity index (χ3v) is 7.52. The normalized spacial score (nSPS) is 12.9. The highest BCUT2D eigenvalue weighted by atomic mass is 35.5. The molecule has 0 unspecified atom stereocenters. The van der Waals surface area contributed by atoms with Gasteiger partial charge in [0.25, 0.3) is 15.9 Å². The molecule has 0 bridgehead atoms. The summed E-state index contributed by atoms with van der Waals surface area (Å²) in [7, 11) is -4.44. The Morgan fingerprint density at radius 1 is 0.974 bits per heavy atom. The number of carbonyl (C=O) groups excluding carboxylic acids is 1. The molecule has 1 heterocycles. The zero-order valence-electron chi connectivity index (χ0n) is 19.6. The molecule has 200 valence electrons. The minimum Gasteiger partial charge on any atom is -0.486 e. The summed E-state index contributed by atoms with van der Waals surface area (Å²) >= 11 is 5.71. The van der Waals surface area contributed by atoms with E-state index in [4.69, 9.17) is 21.1 Å². The van der Waals surface area contributed by atoms with Crippen LogP contribution < -0.4 is 24.6 Å². The summed E-state index contributed by atoms with van der Waals surface area (Å²) in [5, 5.41) is -0.611. The average molecular weight is 568 g/mol. The lowest BCUT2D eigenvalue weighted by atomic mass is 10.1. The monoisotopic (exact) mass is 567 g/mol. The maximum Gasteiger partial charge on any atom is 0.417 e. The van der Waals surface area contributed by atoms with Gasteiger partial charge in [-0.05, 0) is 48.5 Å². The quantitative estimate of drug-likeness (QED) is 0.386. The second-order valence-electron chi connectivity index (χ2n) is 8.00. The molecule has 4 rings (SSSR count). The van der Waals surface area contributed by atoms with Crippen LogP contribution in [0.25, 0.3) is 5.70 Å². The number of ether oxygens (including phenoxy) is 2. The highest BCUT2D eigenvalue weighted by Gasteiger charge is 2.35. The van der Waals surface area contributed by atoms with Crippen LogP contribution in [0.2, 0.25) is 5.02 Å². The van der Waals surface area contributed by atoms with Gasteiger partial charge in [-0.15, -0.1) is 0 Å². The number of benzene rings is 3. The summed E-state index contributed by atoms with van der Waals surface area (Å²) in [5.74, 6) is 0.179. The van der Waals surface area contributed by atoms with Crippen LogP contribution in [-0.4, -0.2) is 34.1 Å². The molecule has 1 amide bonds. The minimum absolute atomic E-state index is 0.218. The van der Waals surface area contributed by atoms with Crippen LogP contribution in [0.4, 0.5) is 18.9 Å². The van der Waals surface area contributed by atoms with Gasteiger partial charge in [0.2, 0.25) is 0 Å². The number of amides is 1. The number of carbonyl (C=O) groups is 1. The van der Waals surface area contributed by atoms with Gasteiger partial charge in [0.15, 0.2) is 11.5 Å². The molecule has 0 atom stereocenters. The largest absolute Gasteiger partial charge is 0.486 e. The highest BCUT2D eigenvalue weighted by Crippen LogP contribution is 2.38. The van der Waals surface area contributed by atoms with E-state index in [2.05, 4.69) is 17.4 Å². The molecule has 38 heavy (non-hydrogen) atoms. The zero-order chi connectivity index (χ0) is 27.5. The van der Waals surface area contributed by atoms with Gasteiger partial charge in [-0.3, -0.25) is 20.0 Å². The van der Waals surface area contributed by atoms with Crippen LogP contribution in [0, 0.1) is 0 Å².